The predicted molar refractivity (Wildman–Crippen MR) is 144 cm³/mol. The van der Waals surface area contributed by atoms with E-state index in [0.29, 0.717) is 22.2 Å². The van der Waals surface area contributed by atoms with Gasteiger partial charge in [0.1, 0.15) is 6.54 Å². The van der Waals surface area contributed by atoms with E-state index in [9.17, 15) is 14.4 Å². The van der Waals surface area contributed by atoms with Crippen LogP contribution in [0.5, 0.6) is 0 Å². The first kappa shape index (κ1) is 23.4. The number of carbonyl (C=O) groups excluding carboxylic acids is 3. The van der Waals surface area contributed by atoms with Crippen LogP contribution >= 0.6 is 23.2 Å². The van der Waals surface area contributed by atoms with E-state index in [4.69, 9.17) is 28.3 Å². The molecule has 2 heterocycles. The van der Waals surface area contributed by atoms with Crippen LogP contribution in [0.4, 0.5) is 5.69 Å². The summed E-state index contributed by atoms with van der Waals surface area (Å²) in [7, 11) is 0. The number of ketones is 1. The molecule has 182 valence electrons. The SMILES string of the molecule is O=C1C(=O)N(CC(=O)N2N=C(c3ccc4ccccc4c3)CC2c2ccc(Cl)cc2)c2ccc(Cl)cc21. The Morgan fingerprint density at radius 1 is 0.865 bits per heavy atom. The Bertz CT molecular complexity index is 1630. The normalized spacial score (nSPS) is 16.9. The van der Waals surface area contributed by atoms with E-state index in [-0.39, 0.29) is 18.2 Å². The van der Waals surface area contributed by atoms with Crippen LogP contribution in [-0.2, 0) is 9.59 Å². The summed E-state index contributed by atoms with van der Waals surface area (Å²) in [6, 6.07) is 25.7. The van der Waals surface area contributed by atoms with Crippen molar-refractivity contribution in [3.05, 3.63) is 112 Å². The molecule has 0 saturated heterocycles. The molecule has 2 aliphatic heterocycles. The molecule has 2 aliphatic rings. The fourth-order valence-electron chi connectivity index (χ4n) is 4.87. The molecule has 2 amide bonds. The number of carbonyl (C=O) groups is 3. The van der Waals surface area contributed by atoms with Crippen LogP contribution in [0, 0.1) is 0 Å². The lowest BCUT2D eigenvalue weighted by Gasteiger charge is -2.24. The lowest BCUT2D eigenvalue weighted by Crippen LogP contribution is -2.40. The maximum atomic E-state index is 13.6. The number of rotatable bonds is 4. The maximum Gasteiger partial charge on any atom is 0.299 e. The van der Waals surface area contributed by atoms with Gasteiger partial charge in [0.2, 0.25) is 0 Å². The van der Waals surface area contributed by atoms with Crippen molar-refractivity contribution in [3.8, 4) is 0 Å². The summed E-state index contributed by atoms with van der Waals surface area (Å²) < 4.78 is 0. The number of fused-ring (bicyclic) bond motifs is 2. The Hall–Kier alpha value is -4.00. The highest BCUT2D eigenvalue weighted by Crippen LogP contribution is 2.36. The molecule has 4 aromatic rings. The van der Waals surface area contributed by atoms with Crippen molar-refractivity contribution in [2.45, 2.75) is 12.5 Å². The van der Waals surface area contributed by atoms with Gasteiger partial charge in [-0.3, -0.25) is 19.3 Å². The molecule has 1 unspecified atom stereocenters. The van der Waals surface area contributed by atoms with Gasteiger partial charge in [-0.1, -0.05) is 71.7 Å². The molecule has 6 nitrogen and oxygen atoms in total. The fraction of sp³-hybridized carbons (Fsp3) is 0.103. The molecule has 0 fully saturated rings. The van der Waals surface area contributed by atoms with Gasteiger partial charge in [0.15, 0.2) is 0 Å². The standard InChI is InChI=1S/C29H19Cl2N3O3/c30-21-9-7-18(8-10-21)26-15-24(20-6-5-17-3-1-2-4-19(17)13-20)32-34(26)27(35)16-33-25-12-11-22(31)14-23(25)28(36)29(33)37/h1-14,26H,15-16H2. The third-order valence-corrected chi connectivity index (χ3v) is 7.22. The quantitative estimate of drug-likeness (QED) is 0.303. The molecule has 8 heteroatoms. The van der Waals surface area contributed by atoms with Gasteiger partial charge in [-0.2, -0.15) is 5.10 Å². The predicted octanol–water partition coefficient (Wildman–Crippen LogP) is 6.05. The molecule has 0 N–H and O–H groups in total. The molecule has 1 atom stereocenters. The first-order chi connectivity index (χ1) is 17.9. The summed E-state index contributed by atoms with van der Waals surface area (Å²) in [6.45, 7) is -0.322. The summed E-state index contributed by atoms with van der Waals surface area (Å²) in [6.07, 6.45) is 0.491. The van der Waals surface area contributed by atoms with E-state index >= 15 is 0 Å². The van der Waals surface area contributed by atoms with Crippen molar-refractivity contribution in [2.75, 3.05) is 11.4 Å². The lowest BCUT2D eigenvalue weighted by atomic mass is 9.97. The van der Waals surface area contributed by atoms with Crippen molar-refractivity contribution in [1.29, 1.82) is 0 Å². The first-order valence-corrected chi connectivity index (χ1v) is 12.4. The van der Waals surface area contributed by atoms with E-state index in [1.54, 1.807) is 24.3 Å². The summed E-state index contributed by atoms with van der Waals surface area (Å²) in [4.78, 5) is 40.1. The molecule has 6 rings (SSSR count). The minimum Gasteiger partial charge on any atom is -0.295 e. The number of nitrogens with zero attached hydrogens (tertiary/aromatic N) is 3. The zero-order valence-corrected chi connectivity index (χ0v) is 20.9. The van der Waals surface area contributed by atoms with Crippen LogP contribution in [-0.4, -0.2) is 34.9 Å². The van der Waals surface area contributed by atoms with Gasteiger partial charge in [-0.05, 0) is 58.3 Å². The Balaban J connectivity index is 1.35. The maximum absolute atomic E-state index is 13.6. The van der Waals surface area contributed by atoms with Crippen LogP contribution < -0.4 is 4.90 Å². The van der Waals surface area contributed by atoms with Gasteiger partial charge in [0.25, 0.3) is 17.6 Å². The van der Waals surface area contributed by atoms with Gasteiger partial charge >= 0.3 is 0 Å². The number of hydrazone groups is 1. The monoisotopic (exact) mass is 527 g/mol. The largest absolute Gasteiger partial charge is 0.299 e. The minimum absolute atomic E-state index is 0.196. The molecule has 37 heavy (non-hydrogen) atoms. The number of hydrogen-bond acceptors (Lipinski definition) is 4. The lowest BCUT2D eigenvalue weighted by molar-refractivity contribution is -0.132. The second-order valence-corrected chi connectivity index (χ2v) is 9.87. The van der Waals surface area contributed by atoms with Crippen molar-refractivity contribution in [3.63, 3.8) is 0 Å². The summed E-state index contributed by atoms with van der Waals surface area (Å²) in [5.74, 6) is -1.84. The average molecular weight is 528 g/mol. The second kappa shape index (κ2) is 9.14. The minimum atomic E-state index is -0.758. The van der Waals surface area contributed by atoms with Crippen molar-refractivity contribution >= 4 is 63.0 Å². The van der Waals surface area contributed by atoms with Crippen LogP contribution in [0.3, 0.4) is 0 Å². The molecule has 0 spiro atoms. The Morgan fingerprint density at radius 3 is 2.38 bits per heavy atom. The number of halogens is 2. The van der Waals surface area contributed by atoms with Crippen molar-refractivity contribution < 1.29 is 14.4 Å². The smallest absolute Gasteiger partial charge is 0.295 e. The van der Waals surface area contributed by atoms with Crippen LogP contribution in [0.1, 0.15) is 33.9 Å². The highest BCUT2D eigenvalue weighted by Gasteiger charge is 2.40. The zero-order valence-electron chi connectivity index (χ0n) is 19.4. The summed E-state index contributed by atoms with van der Waals surface area (Å²) >= 11 is 12.1. The van der Waals surface area contributed by atoms with E-state index in [1.807, 2.05) is 48.5 Å². The van der Waals surface area contributed by atoms with Crippen LogP contribution in [0.2, 0.25) is 10.0 Å². The van der Waals surface area contributed by atoms with Gasteiger partial charge < -0.3 is 0 Å². The Labute approximate surface area is 222 Å². The third kappa shape index (κ3) is 4.18. The topological polar surface area (TPSA) is 70.1 Å². The molecule has 0 aromatic heterocycles. The van der Waals surface area contributed by atoms with Gasteiger partial charge in [-0.25, -0.2) is 5.01 Å². The van der Waals surface area contributed by atoms with E-state index in [2.05, 4.69) is 6.07 Å². The molecule has 0 radical (unpaired) electrons. The van der Waals surface area contributed by atoms with Gasteiger partial charge in [0.05, 0.1) is 23.0 Å². The van der Waals surface area contributed by atoms with Crippen LogP contribution in [0.15, 0.2) is 90.0 Å². The van der Waals surface area contributed by atoms with Crippen molar-refractivity contribution in [1.82, 2.24) is 5.01 Å². The van der Waals surface area contributed by atoms with E-state index in [0.717, 1.165) is 27.6 Å². The number of benzene rings is 4. The molecule has 0 aliphatic carbocycles. The van der Waals surface area contributed by atoms with Gasteiger partial charge in [0, 0.05) is 16.5 Å². The molecular weight excluding hydrogens is 509 g/mol. The van der Waals surface area contributed by atoms with E-state index in [1.165, 1.54) is 16.0 Å². The van der Waals surface area contributed by atoms with E-state index < -0.39 is 17.6 Å². The van der Waals surface area contributed by atoms with Crippen LogP contribution in [0.25, 0.3) is 10.8 Å². The number of amides is 2. The first-order valence-electron chi connectivity index (χ1n) is 11.7. The Morgan fingerprint density at radius 2 is 1.59 bits per heavy atom. The number of Topliss-reactive ketones (excluding diaryl/α,β-unsaturated/α-hetero) is 1. The fourth-order valence-corrected chi connectivity index (χ4v) is 5.16. The highest BCUT2D eigenvalue weighted by atomic mass is 35.5. The van der Waals surface area contributed by atoms with Crippen molar-refractivity contribution in [2.24, 2.45) is 5.10 Å². The summed E-state index contributed by atoms with van der Waals surface area (Å²) in [5.41, 5.74) is 3.11. The number of hydrogen-bond donors (Lipinski definition) is 0. The highest BCUT2D eigenvalue weighted by molar-refractivity contribution is 6.53. The molecule has 4 aromatic carbocycles. The zero-order chi connectivity index (χ0) is 25.7. The third-order valence-electron chi connectivity index (χ3n) is 6.73. The second-order valence-electron chi connectivity index (χ2n) is 9.00. The molecular formula is C29H19Cl2N3O3. The molecule has 0 bridgehead atoms. The van der Waals surface area contributed by atoms with Gasteiger partial charge in [-0.15, -0.1) is 0 Å². The average Bonchev–Trinajstić information content (AvgIpc) is 3.45. The molecule has 0 saturated carbocycles. The number of anilines is 1. The summed E-state index contributed by atoms with van der Waals surface area (Å²) in [5, 5.41) is 9.27. The Kier molecular flexibility index (Phi) is 5.78.